The summed E-state index contributed by atoms with van der Waals surface area (Å²) >= 11 is 0. The number of likely N-dealkylation sites (tertiary alicyclic amines) is 1. The van der Waals surface area contributed by atoms with Crippen LogP contribution in [-0.2, 0) is 16.8 Å². The summed E-state index contributed by atoms with van der Waals surface area (Å²) in [4.78, 5) is 19.4. The first-order valence-electron chi connectivity index (χ1n) is 8.43. The van der Waals surface area contributed by atoms with Crippen molar-refractivity contribution in [2.45, 2.75) is 64.5 Å². The lowest BCUT2D eigenvalue weighted by Gasteiger charge is -2.41. The Morgan fingerprint density at radius 1 is 1.45 bits per heavy atom. The molecular formula is C16H26N4O2. The van der Waals surface area contributed by atoms with E-state index < -0.39 is 5.54 Å². The van der Waals surface area contributed by atoms with Gasteiger partial charge in [-0.05, 0) is 25.7 Å². The van der Waals surface area contributed by atoms with Gasteiger partial charge in [-0.25, -0.2) is 0 Å². The van der Waals surface area contributed by atoms with Crippen molar-refractivity contribution in [1.29, 1.82) is 0 Å². The average molecular weight is 306 g/mol. The van der Waals surface area contributed by atoms with Gasteiger partial charge in [-0.15, -0.1) is 0 Å². The largest absolute Gasteiger partial charge is 0.342 e. The molecule has 0 radical (unpaired) electrons. The molecule has 3 rings (SSSR count). The molecule has 1 atom stereocenters. The van der Waals surface area contributed by atoms with Crippen LogP contribution in [0.3, 0.4) is 0 Å². The van der Waals surface area contributed by atoms with Crippen LogP contribution in [0.1, 0.15) is 58.2 Å². The molecule has 6 heteroatoms. The highest BCUT2D eigenvalue weighted by Gasteiger charge is 2.43. The Morgan fingerprint density at radius 3 is 2.68 bits per heavy atom. The molecule has 1 aliphatic heterocycles. The highest BCUT2D eigenvalue weighted by atomic mass is 16.5. The quantitative estimate of drug-likeness (QED) is 0.899. The normalized spacial score (nSPS) is 23.2. The van der Waals surface area contributed by atoms with E-state index in [0.29, 0.717) is 17.6 Å². The molecule has 1 saturated heterocycles. The maximum Gasteiger partial charge on any atom is 0.237 e. The summed E-state index contributed by atoms with van der Waals surface area (Å²) in [5.74, 6) is 2.07. The van der Waals surface area contributed by atoms with Crippen LogP contribution >= 0.6 is 0 Å². The molecule has 1 N–H and O–H groups in total. The minimum absolute atomic E-state index is 0.0802. The van der Waals surface area contributed by atoms with Crippen LogP contribution in [0, 0.1) is 5.92 Å². The molecular weight excluding hydrogens is 280 g/mol. The predicted octanol–water partition coefficient (Wildman–Crippen LogP) is 1.86. The molecule has 6 nitrogen and oxygen atoms in total. The van der Waals surface area contributed by atoms with Crippen LogP contribution in [0.25, 0.3) is 0 Å². The van der Waals surface area contributed by atoms with Gasteiger partial charge in [0.15, 0.2) is 5.82 Å². The lowest BCUT2D eigenvalue weighted by Crippen LogP contribution is -2.58. The van der Waals surface area contributed by atoms with E-state index in [0.717, 1.165) is 45.2 Å². The van der Waals surface area contributed by atoms with E-state index in [1.165, 1.54) is 0 Å². The molecule has 2 fully saturated rings. The van der Waals surface area contributed by atoms with Crippen molar-refractivity contribution < 1.29 is 9.32 Å². The second-order valence-corrected chi connectivity index (χ2v) is 6.88. The summed E-state index contributed by atoms with van der Waals surface area (Å²) in [5, 5.41) is 7.37. The Kier molecular flexibility index (Phi) is 4.21. The van der Waals surface area contributed by atoms with Gasteiger partial charge in [0.1, 0.15) is 5.54 Å². The summed E-state index contributed by atoms with van der Waals surface area (Å²) in [6.07, 6.45) is 4.69. The molecule has 2 heterocycles. The molecule has 1 aromatic rings. The zero-order chi connectivity index (χ0) is 15.7. The van der Waals surface area contributed by atoms with Gasteiger partial charge in [0, 0.05) is 19.5 Å². The minimum Gasteiger partial charge on any atom is -0.342 e. The SMILES string of the molecule is CCc1nc(C2(NC(=O)C(C)N3CC(C)C3)CCCC2)no1. The van der Waals surface area contributed by atoms with Gasteiger partial charge < -0.3 is 9.84 Å². The van der Waals surface area contributed by atoms with Crippen LogP contribution in [-0.4, -0.2) is 40.1 Å². The number of rotatable bonds is 5. The topological polar surface area (TPSA) is 71.3 Å². The third kappa shape index (κ3) is 2.76. The van der Waals surface area contributed by atoms with Gasteiger partial charge in [-0.1, -0.05) is 31.8 Å². The zero-order valence-corrected chi connectivity index (χ0v) is 13.8. The third-order valence-electron chi connectivity index (χ3n) is 5.04. The average Bonchev–Trinajstić information content (AvgIpc) is 3.12. The number of hydrogen-bond acceptors (Lipinski definition) is 5. The van der Waals surface area contributed by atoms with Crippen molar-refractivity contribution in [2.24, 2.45) is 5.92 Å². The van der Waals surface area contributed by atoms with E-state index in [2.05, 4.69) is 27.3 Å². The van der Waals surface area contributed by atoms with E-state index in [1.807, 2.05) is 13.8 Å². The predicted molar refractivity (Wildman–Crippen MR) is 82.2 cm³/mol. The molecule has 0 bridgehead atoms. The zero-order valence-electron chi connectivity index (χ0n) is 13.8. The van der Waals surface area contributed by atoms with Gasteiger partial charge in [-0.2, -0.15) is 4.98 Å². The fraction of sp³-hybridized carbons (Fsp3) is 0.812. The molecule has 0 spiro atoms. The number of hydrogen-bond donors (Lipinski definition) is 1. The summed E-state index contributed by atoms with van der Waals surface area (Å²) in [6.45, 7) is 8.20. The van der Waals surface area contributed by atoms with Gasteiger partial charge in [0.25, 0.3) is 0 Å². The fourth-order valence-corrected chi connectivity index (χ4v) is 3.55. The summed E-state index contributed by atoms with van der Waals surface area (Å²) < 4.78 is 5.26. The monoisotopic (exact) mass is 306 g/mol. The van der Waals surface area contributed by atoms with Crippen molar-refractivity contribution in [2.75, 3.05) is 13.1 Å². The van der Waals surface area contributed by atoms with E-state index in [9.17, 15) is 4.79 Å². The van der Waals surface area contributed by atoms with Crippen LogP contribution in [0.15, 0.2) is 4.52 Å². The smallest absolute Gasteiger partial charge is 0.237 e. The molecule has 1 amide bonds. The first-order chi connectivity index (χ1) is 10.5. The van der Waals surface area contributed by atoms with Gasteiger partial charge in [0.2, 0.25) is 11.8 Å². The first kappa shape index (κ1) is 15.5. The maximum absolute atomic E-state index is 12.7. The Balaban J connectivity index is 1.72. The maximum atomic E-state index is 12.7. The van der Waals surface area contributed by atoms with Crippen LogP contribution < -0.4 is 5.32 Å². The van der Waals surface area contributed by atoms with Crippen molar-refractivity contribution in [3.05, 3.63) is 11.7 Å². The lowest BCUT2D eigenvalue weighted by atomic mass is 9.95. The Labute approximate surface area is 131 Å². The van der Waals surface area contributed by atoms with E-state index in [-0.39, 0.29) is 11.9 Å². The molecule has 1 unspecified atom stereocenters. The van der Waals surface area contributed by atoms with Crippen molar-refractivity contribution in [1.82, 2.24) is 20.4 Å². The standard InChI is InChI=1S/C16H26N4O2/c1-4-13-17-15(19-22-13)16(7-5-6-8-16)18-14(21)12(3)20-9-11(2)10-20/h11-12H,4-10H2,1-3H3,(H,18,21). The lowest BCUT2D eigenvalue weighted by molar-refractivity contribution is -0.130. The fourth-order valence-electron chi connectivity index (χ4n) is 3.55. The number of amides is 1. The molecule has 0 aromatic carbocycles. The van der Waals surface area contributed by atoms with Crippen molar-refractivity contribution in [3.63, 3.8) is 0 Å². The first-order valence-corrected chi connectivity index (χ1v) is 8.43. The van der Waals surface area contributed by atoms with Gasteiger partial charge in [-0.3, -0.25) is 9.69 Å². The molecule has 122 valence electrons. The molecule has 1 aliphatic carbocycles. The number of aromatic nitrogens is 2. The van der Waals surface area contributed by atoms with Crippen LogP contribution in [0.2, 0.25) is 0 Å². The van der Waals surface area contributed by atoms with E-state index in [4.69, 9.17) is 4.52 Å². The Bertz CT molecular complexity index is 530. The van der Waals surface area contributed by atoms with Crippen molar-refractivity contribution in [3.8, 4) is 0 Å². The Morgan fingerprint density at radius 2 is 2.14 bits per heavy atom. The van der Waals surface area contributed by atoms with Gasteiger partial charge >= 0.3 is 0 Å². The second kappa shape index (κ2) is 5.99. The van der Waals surface area contributed by atoms with E-state index in [1.54, 1.807) is 0 Å². The molecule has 1 saturated carbocycles. The van der Waals surface area contributed by atoms with Crippen LogP contribution in [0.4, 0.5) is 0 Å². The van der Waals surface area contributed by atoms with E-state index >= 15 is 0 Å². The van der Waals surface area contributed by atoms with Gasteiger partial charge in [0.05, 0.1) is 6.04 Å². The highest BCUT2D eigenvalue weighted by Crippen LogP contribution is 2.37. The number of carbonyl (C=O) groups is 1. The summed E-state index contributed by atoms with van der Waals surface area (Å²) in [5.41, 5.74) is -0.432. The minimum atomic E-state index is -0.432. The molecule has 2 aliphatic rings. The summed E-state index contributed by atoms with van der Waals surface area (Å²) in [6, 6.07) is -0.0915. The molecule has 1 aromatic heterocycles. The van der Waals surface area contributed by atoms with Crippen molar-refractivity contribution >= 4 is 5.91 Å². The second-order valence-electron chi connectivity index (χ2n) is 6.88. The number of aryl methyl sites for hydroxylation is 1. The number of nitrogens with one attached hydrogen (secondary N) is 1. The molecule has 22 heavy (non-hydrogen) atoms. The summed E-state index contributed by atoms with van der Waals surface area (Å²) in [7, 11) is 0. The number of carbonyl (C=O) groups excluding carboxylic acids is 1. The number of nitrogens with zero attached hydrogens (tertiary/aromatic N) is 3. The highest BCUT2D eigenvalue weighted by molar-refractivity contribution is 5.82. The third-order valence-corrected chi connectivity index (χ3v) is 5.04. The Hall–Kier alpha value is -1.43. The van der Waals surface area contributed by atoms with Crippen LogP contribution in [0.5, 0.6) is 0 Å².